The van der Waals surface area contributed by atoms with E-state index in [-0.39, 0.29) is 0 Å². The van der Waals surface area contributed by atoms with Crippen LogP contribution in [-0.4, -0.2) is 0 Å². The third-order valence-electron chi connectivity index (χ3n) is 17.8. The van der Waals surface area contributed by atoms with Crippen molar-refractivity contribution in [1.29, 1.82) is 0 Å². The minimum absolute atomic E-state index is 0.308. The molecule has 0 amide bonds. The number of para-hydroxylation sites is 6. The Hall–Kier alpha value is -10.2. The molecule has 0 spiro atoms. The molecule has 0 unspecified atom stereocenters. The summed E-state index contributed by atoms with van der Waals surface area (Å²) in [5.41, 5.74) is 19.0. The van der Waals surface area contributed by atoms with E-state index in [0.717, 1.165) is 83.4 Å². The van der Waals surface area contributed by atoms with Crippen LogP contribution in [0.15, 0.2) is 276 Å². The predicted molar refractivity (Wildman–Crippen MR) is 348 cm³/mol. The fourth-order valence-corrected chi connectivity index (χ4v) is 14.2. The zero-order valence-electron chi connectivity index (χ0n) is 46.8. The lowest BCUT2D eigenvalue weighted by Crippen LogP contribution is -2.29. The van der Waals surface area contributed by atoms with Gasteiger partial charge in [-0.1, -0.05) is 234 Å². The average Bonchev–Trinajstić information content (AvgIpc) is 1.70. The minimum Gasteiger partial charge on any atom is -0.454 e. The number of hydrogen-bond donors (Lipinski definition) is 0. The molecule has 0 saturated carbocycles. The molecule has 1 aliphatic carbocycles. The molecule has 16 rings (SSSR count). The van der Waals surface area contributed by atoms with Crippen molar-refractivity contribution in [3.05, 3.63) is 300 Å². The molecule has 2 aromatic heterocycles. The maximum Gasteiger partial charge on any atom is 0.159 e. The topological polar surface area (TPSA) is 32.8 Å². The molecule has 15 aromatic rings. The minimum atomic E-state index is -0.738. The number of furan rings is 2. The van der Waals surface area contributed by atoms with Crippen LogP contribution < -0.4 is 9.80 Å². The monoisotopic (exact) mass is 1070 g/mol. The van der Waals surface area contributed by atoms with E-state index in [1.807, 2.05) is 0 Å². The number of nitrogens with zero attached hydrogens (tertiary/aromatic N) is 2. The fourth-order valence-electron chi connectivity index (χ4n) is 14.2. The van der Waals surface area contributed by atoms with Gasteiger partial charge in [-0.3, -0.25) is 0 Å². The van der Waals surface area contributed by atoms with Crippen LogP contribution in [0.25, 0.3) is 87.3 Å². The van der Waals surface area contributed by atoms with Crippen molar-refractivity contribution in [3.63, 3.8) is 0 Å². The smallest absolute Gasteiger partial charge is 0.159 e. The van der Waals surface area contributed by atoms with Crippen LogP contribution in [0.1, 0.15) is 72.9 Å². The summed E-state index contributed by atoms with van der Waals surface area (Å²) in [5, 5.41) is 11.7. The first-order valence-corrected chi connectivity index (χ1v) is 29.1. The van der Waals surface area contributed by atoms with Crippen molar-refractivity contribution in [3.8, 4) is 11.1 Å². The van der Waals surface area contributed by atoms with E-state index < -0.39 is 5.41 Å². The molecule has 1 aliphatic rings. The van der Waals surface area contributed by atoms with Gasteiger partial charge in [-0.2, -0.15) is 0 Å². The second-order valence-corrected chi connectivity index (χ2v) is 23.0. The quantitative estimate of drug-likeness (QED) is 0.128. The molecule has 13 aromatic carbocycles. The Morgan fingerprint density at radius 3 is 1.25 bits per heavy atom. The van der Waals surface area contributed by atoms with Crippen molar-refractivity contribution in [1.82, 2.24) is 0 Å². The predicted octanol–water partition coefficient (Wildman–Crippen LogP) is 22.5. The van der Waals surface area contributed by atoms with Gasteiger partial charge in [-0.05, 0) is 149 Å². The highest BCUT2D eigenvalue weighted by Crippen LogP contribution is 2.62. The lowest BCUT2D eigenvalue weighted by molar-refractivity contribution is 0.657. The van der Waals surface area contributed by atoms with Gasteiger partial charge < -0.3 is 18.6 Å². The molecule has 0 bridgehead atoms. The van der Waals surface area contributed by atoms with E-state index >= 15 is 0 Å². The number of anilines is 6. The maximum absolute atomic E-state index is 7.07. The normalized spacial score (nSPS) is 12.9. The molecular formula is C79H58N2O2. The number of benzene rings is 13. The molecule has 396 valence electrons. The van der Waals surface area contributed by atoms with Crippen LogP contribution in [0.2, 0.25) is 0 Å². The van der Waals surface area contributed by atoms with Crippen LogP contribution in [0, 0.1) is 0 Å². The van der Waals surface area contributed by atoms with Crippen molar-refractivity contribution < 1.29 is 8.83 Å². The lowest BCUT2D eigenvalue weighted by atomic mass is 9.65. The Balaban J connectivity index is 0.957. The molecule has 0 radical (unpaired) electrons. The van der Waals surface area contributed by atoms with Gasteiger partial charge in [0.2, 0.25) is 0 Å². The summed E-state index contributed by atoms with van der Waals surface area (Å²) < 4.78 is 14.1. The van der Waals surface area contributed by atoms with Crippen LogP contribution in [0.4, 0.5) is 34.1 Å². The van der Waals surface area contributed by atoms with Gasteiger partial charge in [0.15, 0.2) is 11.2 Å². The molecular weight excluding hydrogens is 1010 g/mol. The van der Waals surface area contributed by atoms with E-state index in [2.05, 4.69) is 304 Å². The SMILES string of the molecule is CC(C)c1cccc2c1oc1c(N(c3ccccc3)c3ccc4c5c(ccc4c3)-c3c(c4ccc(N(c6ccccc6)c6cccc7c6oc6c(C(C)C)cccc67)cc4c4ccccc34)C5(c3ccccc3)c3ccccc3)cccc12. The van der Waals surface area contributed by atoms with Gasteiger partial charge in [-0.15, -0.1) is 0 Å². The Bertz CT molecular complexity index is 5000. The second-order valence-electron chi connectivity index (χ2n) is 23.0. The van der Waals surface area contributed by atoms with E-state index in [0.29, 0.717) is 11.8 Å². The highest BCUT2D eigenvalue weighted by atomic mass is 16.3. The van der Waals surface area contributed by atoms with Crippen molar-refractivity contribution in [2.75, 3.05) is 9.80 Å². The second kappa shape index (κ2) is 19.0. The molecule has 0 aliphatic heterocycles. The van der Waals surface area contributed by atoms with E-state index in [1.54, 1.807) is 0 Å². The molecule has 4 nitrogen and oxygen atoms in total. The van der Waals surface area contributed by atoms with Crippen LogP contribution in [0.3, 0.4) is 0 Å². The summed E-state index contributed by atoms with van der Waals surface area (Å²) in [6.45, 7) is 8.96. The number of hydrogen-bond acceptors (Lipinski definition) is 4. The Labute approximate surface area is 482 Å². The van der Waals surface area contributed by atoms with Gasteiger partial charge in [0.25, 0.3) is 0 Å². The highest BCUT2D eigenvalue weighted by molar-refractivity contribution is 6.22. The molecule has 0 atom stereocenters. The lowest BCUT2D eigenvalue weighted by Gasteiger charge is -2.36. The molecule has 0 N–H and O–H groups in total. The zero-order chi connectivity index (χ0) is 55.5. The van der Waals surface area contributed by atoms with Crippen molar-refractivity contribution in [2.45, 2.75) is 44.9 Å². The molecule has 0 fully saturated rings. The number of rotatable bonds is 10. The van der Waals surface area contributed by atoms with Gasteiger partial charge in [0.05, 0.1) is 16.8 Å². The Kier molecular flexibility index (Phi) is 11.1. The van der Waals surface area contributed by atoms with Crippen molar-refractivity contribution in [2.24, 2.45) is 0 Å². The van der Waals surface area contributed by atoms with E-state index in [1.165, 1.54) is 71.4 Å². The van der Waals surface area contributed by atoms with Crippen molar-refractivity contribution >= 4 is 110 Å². The van der Waals surface area contributed by atoms with E-state index in [9.17, 15) is 0 Å². The van der Waals surface area contributed by atoms with Crippen LogP contribution >= 0.6 is 0 Å². The number of fused-ring (bicyclic) bond motifs is 16. The van der Waals surface area contributed by atoms with Gasteiger partial charge >= 0.3 is 0 Å². The van der Waals surface area contributed by atoms with Crippen LogP contribution in [-0.2, 0) is 5.41 Å². The fraction of sp³-hybridized carbons (Fsp3) is 0.0886. The highest BCUT2D eigenvalue weighted by Gasteiger charge is 2.49. The largest absolute Gasteiger partial charge is 0.454 e. The van der Waals surface area contributed by atoms with Gasteiger partial charge in [0, 0.05) is 44.3 Å². The third kappa shape index (κ3) is 7.25. The van der Waals surface area contributed by atoms with Crippen LogP contribution in [0.5, 0.6) is 0 Å². The third-order valence-corrected chi connectivity index (χ3v) is 17.8. The first-order chi connectivity index (χ1) is 40.9. The first kappa shape index (κ1) is 48.7. The molecule has 2 heterocycles. The average molecular weight is 1070 g/mol. The summed E-state index contributed by atoms with van der Waals surface area (Å²) in [6.07, 6.45) is 0. The zero-order valence-corrected chi connectivity index (χ0v) is 46.8. The molecule has 0 saturated heterocycles. The first-order valence-electron chi connectivity index (χ1n) is 29.1. The summed E-state index contributed by atoms with van der Waals surface area (Å²) in [5.74, 6) is 0.620. The summed E-state index contributed by atoms with van der Waals surface area (Å²) in [4.78, 5) is 4.76. The van der Waals surface area contributed by atoms with Gasteiger partial charge in [0.1, 0.15) is 11.2 Å². The van der Waals surface area contributed by atoms with Gasteiger partial charge in [-0.25, -0.2) is 0 Å². The summed E-state index contributed by atoms with van der Waals surface area (Å²) in [6, 6.07) is 98.4. The standard InChI is InChI=1S/C79H58N2O2/c1-49(2)58-33-19-35-64-66-37-21-39-70(77(66)82-75(58)64)80(54-27-13-7-14-28-54)56-42-45-60-51(47-56)41-44-68-72-62-32-18-17-31-61(62)69-48-57(43-46-63(69)74(72)79(73(60)68,52-23-9-5-10-24-52)53-25-11-6-12-26-53)81(55-29-15-8-16-30-55)71-40-22-38-67-65-36-20-34-59(50(3)4)76(65)83-78(67)71/h5-50H,1-4H3. The molecule has 83 heavy (non-hydrogen) atoms. The molecule has 4 heteroatoms. The Morgan fingerprint density at radius 1 is 0.301 bits per heavy atom. The van der Waals surface area contributed by atoms with E-state index in [4.69, 9.17) is 8.83 Å². The maximum atomic E-state index is 7.07. The summed E-state index contributed by atoms with van der Waals surface area (Å²) in [7, 11) is 0. The summed E-state index contributed by atoms with van der Waals surface area (Å²) >= 11 is 0. The Morgan fingerprint density at radius 2 is 0.735 bits per heavy atom.